The number of likely N-dealkylation sites (N-methyl/N-ethyl adjacent to an activating group) is 1. The summed E-state index contributed by atoms with van der Waals surface area (Å²) in [5.74, 6) is -0.437. The van der Waals surface area contributed by atoms with Crippen LogP contribution in [-0.2, 0) is 14.3 Å². The zero-order chi connectivity index (χ0) is 15.7. The average molecular weight is 294 g/mol. The van der Waals surface area contributed by atoms with Crippen molar-refractivity contribution in [3.63, 3.8) is 0 Å². The summed E-state index contributed by atoms with van der Waals surface area (Å²) in [4.78, 5) is 24.9. The Hall–Kier alpha value is -1.92. The summed E-state index contributed by atoms with van der Waals surface area (Å²) in [5, 5.41) is 3.06. The Kier molecular flexibility index (Phi) is 7.42. The Morgan fingerprint density at radius 2 is 1.86 bits per heavy atom. The minimum Gasteiger partial charge on any atom is -0.465 e. The highest BCUT2D eigenvalue weighted by atomic mass is 16.5. The minimum absolute atomic E-state index is 0.0433. The van der Waals surface area contributed by atoms with Gasteiger partial charge in [0, 0.05) is 26.5 Å². The standard InChI is InChI=1S/C15H22N2O4/c1-17(14(18)11-16-9-4-10-20-2)13-7-5-12(6-8-13)15(19)21-3/h5-8,16H,4,9-11H2,1-3H3. The molecule has 0 aliphatic heterocycles. The van der Waals surface area contributed by atoms with Crippen molar-refractivity contribution in [3.05, 3.63) is 29.8 Å². The Morgan fingerprint density at radius 1 is 1.19 bits per heavy atom. The molecule has 6 nitrogen and oxygen atoms in total. The molecule has 6 heteroatoms. The molecule has 1 N–H and O–H groups in total. The van der Waals surface area contributed by atoms with E-state index in [0.29, 0.717) is 12.2 Å². The molecular formula is C15H22N2O4. The molecule has 1 amide bonds. The van der Waals surface area contributed by atoms with E-state index in [2.05, 4.69) is 10.1 Å². The number of amides is 1. The highest BCUT2D eigenvalue weighted by molar-refractivity contribution is 5.95. The molecule has 0 spiro atoms. The molecule has 0 aliphatic carbocycles. The number of benzene rings is 1. The molecule has 0 bridgehead atoms. The van der Waals surface area contributed by atoms with Gasteiger partial charge in [-0.25, -0.2) is 4.79 Å². The van der Waals surface area contributed by atoms with E-state index in [1.165, 1.54) is 7.11 Å². The van der Waals surface area contributed by atoms with E-state index >= 15 is 0 Å². The first-order valence-electron chi connectivity index (χ1n) is 6.74. The molecule has 1 aromatic rings. The summed E-state index contributed by atoms with van der Waals surface area (Å²) < 4.78 is 9.56. The third-order valence-electron chi connectivity index (χ3n) is 3.03. The zero-order valence-corrected chi connectivity index (χ0v) is 12.7. The van der Waals surface area contributed by atoms with Gasteiger partial charge in [-0.3, -0.25) is 4.79 Å². The lowest BCUT2D eigenvalue weighted by Crippen LogP contribution is -2.36. The van der Waals surface area contributed by atoms with Crippen molar-refractivity contribution in [1.29, 1.82) is 0 Å². The molecule has 0 atom stereocenters. The molecule has 0 fully saturated rings. The molecule has 0 saturated heterocycles. The van der Waals surface area contributed by atoms with Crippen LogP contribution in [-0.4, -0.2) is 52.8 Å². The average Bonchev–Trinajstić information content (AvgIpc) is 2.53. The first-order chi connectivity index (χ1) is 10.1. The smallest absolute Gasteiger partial charge is 0.337 e. The summed E-state index contributed by atoms with van der Waals surface area (Å²) in [5.41, 5.74) is 1.19. The van der Waals surface area contributed by atoms with Gasteiger partial charge in [0.2, 0.25) is 5.91 Å². The Morgan fingerprint density at radius 3 is 2.43 bits per heavy atom. The number of anilines is 1. The SMILES string of the molecule is COCCCNCC(=O)N(C)c1ccc(C(=O)OC)cc1. The number of esters is 1. The van der Waals surface area contributed by atoms with Gasteiger partial charge in [0.05, 0.1) is 19.2 Å². The van der Waals surface area contributed by atoms with E-state index < -0.39 is 5.97 Å². The fraction of sp³-hybridized carbons (Fsp3) is 0.467. The van der Waals surface area contributed by atoms with Crippen molar-refractivity contribution in [2.45, 2.75) is 6.42 Å². The predicted octanol–water partition coefficient (Wildman–Crippen LogP) is 1.06. The molecule has 0 aromatic heterocycles. The number of rotatable bonds is 8. The quantitative estimate of drug-likeness (QED) is 0.573. The summed E-state index contributed by atoms with van der Waals surface area (Å²) in [6.07, 6.45) is 0.862. The van der Waals surface area contributed by atoms with Crippen molar-refractivity contribution in [3.8, 4) is 0 Å². The van der Waals surface area contributed by atoms with Crippen molar-refractivity contribution >= 4 is 17.6 Å². The van der Waals surface area contributed by atoms with Crippen LogP contribution in [0.25, 0.3) is 0 Å². The second kappa shape index (κ2) is 9.10. The highest BCUT2D eigenvalue weighted by Gasteiger charge is 2.11. The maximum Gasteiger partial charge on any atom is 0.337 e. The molecule has 0 unspecified atom stereocenters. The van der Waals surface area contributed by atoms with E-state index in [1.807, 2.05) is 0 Å². The van der Waals surface area contributed by atoms with E-state index in [9.17, 15) is 9.59 Å². The van der Waals surface area contributed by atoms with E-state index in [-0.39, 0.29) is 12.5 Å². The van der Waals surface area contributed by atoms with Gasteiger partial charge in [0.1, 0.15) is 0 Å². The summed E-state index contributed by atoms with van der Waals surface area (Å²) in [7, 11) is 4.68. The Balaban J connectivity index is 2.48. The molecule has 1 aromatic carbocycles. The highest BCUT2D eigenvalue weighted by Crippen LogP contribution is 2.14. The van der Waals surface area contributed by atoms with Gasteiger partial charge in [-0.15, -0.1) is 0 Å². The maximum atomic E-state index is 12.0. The second-order valence-corrected chi connectivity index (χ2v) is 4.51. The normalized spacial score (nSPS) is 10.2. The third-order valence-corrected chi connectivity index (χ3v) is 3.03. The molecule has 0 aliphatic rings. The predicted molar refractivity (Wildman–Crippen MR) is 80.6 cm³/mol. The first-order valence-corrected chi connectivity index (χ1v) is 6.74. The van der Waals surface area contributed by atoms with Gasteiger partial charge in [-0.1, -0.05) is 0 Å². The van der Waals surface area contributed by atoms with Crippen molar-refractivity contribution in [2.24, 2.45) is 0 Å². The monoisotopic (exact) mass is 294 g/mol. The number of methoxy groups -OCH3 is 2. The van der Waals surface area contributed by atoms with Gasteiger partial charge < -0.3 is 19.7 Å². The second-order valence-electron chi connectivity index (χ2n) is 4.51. The van der Waals surface area contributed by atoms with Crippen LogP contribution in [0.3, 0.4) is 0 Å². The van der Waals surface area contributed by atoms with Crippen LogP contribution in [0.2, 0.25) is 0 Å². The van der Waals surface area contributed by atoms with Crippen molar-refractivity contribution in [1.82, 2.24) is 5.32 Å². The maximum absolute atomic E-state index is 12.0. The van der Waals surface area contributed by atoms with Crippen LogP contribution < -0.4 is 10.2 Å². The zero-order valence-electron chi connectivity index (χ0n) is 12.7. The van der Waals surface area contributed by atoms with Gasteiger partial charge in [-0.2, -0.15) is 0 Å². The van der Waals surface area contributed by atoms with Gasteiger partial charge in [0.15, 0.2) is 0 Å². The minimum atomic E-state index is -0.393. The fourth-order valence-electron chi connectivity index (χ4n) is 1.74. The lowest BCUT2D eigenvalue weighted by molar-refractivity contribution is -0.117. The van der Waals surface area contributed by atoms with Gasteiger partial charge in [0.25, 0.3) is 0 Å². The lowest BCUT2D eigenvalue weighted by atomic mass is 10.2. The molecule has 1 rings (SSSR count). The van der Waals surface area contributed by atoms with E-state index in [0.717, 1.165) is 18.7 Å². The number of carbonyl (C=O) groups is 2. The summed E-state index contributed by atoms with van der Waals surface area (Å²) >= 11 is 0. The van der Waals surface area contributed by atoms with E-state index in [4.69, 9.17) is 4.74 Å². The van der Waals surface area contributed by atoms with Crippen LogP contribution in [0.15, 0.2) is 24.3 Å². The molecule has 0 radical (unpaired) electrons. The molecule has 0 heterocycles. The first kappa shape index (κ1) is 17.1. The number of hydrogen-bond donors (Lipinski definition) is 1. The Labute approximate surface area is 125 Å². The largest absolute Gasteiger partial charge is 0.465 e. The van der Waals surface area contributed by atoms with E-state index in [1.54, 1.807) is 43.3 Å². The summed E-state index contributed by atoms with van der Waals surface area (Å²) in [6.45, 7) is 1.67. The lowest BCUT2D eigenvalue weighted by Gasteiger charge is -2.18. The number of ether oxygens (including phenoxy) is 2. The van der Waals surface area contributed by atoms with Gasteiger partial charge in [-0.05, 0) is 37.2 Å². The number of nitrogens with zero attached hydrogens (tertiary/aromatic N) is 1. The van der Waals surface area contributed by atoms with Crippen LogP contribution >= 0.6 is 0 Å². The molecular weight excluding hydrogens is 272 g/mol. The number of hydrogen-bond acceptors (Lipinski definition) is 5. The van der Waals surface area contributed by atoms with Crippen LogP contribution in [0, 0.1) is 0 Å². The molecule has 21 heavy (non-hydrogen) atoms. The third kappa shape index (κ3) is 5.53. The fourth-order valence-corrected chi connectivity index (χ4v) is 1.74. The molecule has 0 saturated carbocycles. The Bertz CT molecular complexity index is 459. The van der Waals surface area contributed by atoms with Crippen LogP contribution in [0.1, 0.15) is 16.8 Å². The summed E-state index contributed by atoms with van der Waals surface area (Å²) in [6, 6.07) is 6.71. The number of carbonyl (C=O) groups excluding carboxylic acids is 2. The topological polar surface area (TPSA) is 67.9 Å². The van der Waals surface area contributed by atoms with Crippen molar-refractivity contribution in [2.75, 3.05) is 45.9 Å². The van der Waals surface area contributed by atoms with Crippen LogP contribution in [0.4, 0.5) is 5.69 Å². The van der Waals surface area contributed by atoms with Gasteiger partial charge >= 0.3 is 5.97 Å². The van der Waals surface area contributed by atoms with Crippen LogP contribution in [0.5, 0.6) is 0 Å². The molecule has 116 valence electrons. The van der Waals surface area contributed by atoms with Crippen molar-refractivity contribution < 1.29 is 19.1 Å². The number of nitrogens with one attached hydrogen (secondary N) is 1.